The second-order valence-electron chi connectivity index (χ2n) is 4.88. The van der Waals surface area contributed by atoms with Gasteiger partial charge in [-0.25, -0.2) is 0 Å². The third kappa shape index (κ3) is 3.76. The number of hydrogen-bond acceptors (Lipinski definition) is 4. The first-order valence-electron chi connectivity index (χ1n) is 6.64. The van der Waals surface area contributed by atoms with E-state index in [1.165, 1.54) is 25.7 Å². The molecule has 0 spiro atoms. The Kier molecular flexibility index (Phi) is 5.48. The quantitative estimate of drug-likeness (QED) is 0.855. The monoisotopic (exact) mass is 355 g/mol. The van der Waals surface area contributed by atoms with Gasteiger partial charge >= 0.3 is 0 Å². The van der Waals surface area contributed by atoms with Crippen LogP contribution < -0.4 is 5.43 Å². The minimum atomic E-state index is 0. The lowest BCUT2D eigenvalue weighted by Crippen LogP contribution is -2.26. The standard InChI is InChI=1S/C14H17N3OS.BrH/c18-12-7-5-10(6-8-12)13-9-19-14(17-16-13)15-11-3-1-2-4-11;/h5-8,11,18H,1-4,9H2,(H,15,17);1H. The Morgan fingerprint density at radius 2 is 1.90 bits per heavy atom. The van der Waals surface area contributed by atoms with Gasteiger partial charge in [-0.05, 0) is 42.7 Å². The zero-order valence-electron chi connectivity index (χ0n) is 11.1. The molecule has 0 aromatic heterocycles. The van der Waals surface area contributed by atoms with Crippen molar-refractivity contribution < 1.29 is 5.11 Å². The maximum absolute atomic E-state index is 9.28. The fourth-order valence-corrected chi connectivity index (χ4v) is 3.22. The van der Waals surface area contributed by atoms with E-state index in [4.69, 9.17) is 4.99 Å². The van der Waals surface area contributed by atoms with Crippen LogP contribution in [0.25, 0.3) is 0 Å². The predicted molar refractivity (Wildman–Crippen MR) is 90.3 cm³/mol. The third-order valence-corrected chi connectivity index (χ3v) is 4.35. The lowest BCUT2D eigenvalue weighted by atomic mass is 10.1. The molecule has 0 saturated heterocycles. The first-order valence-corrected chi connectivity index (χ1v) is 7.62. The van der Waals surface area contributed by atoms with Crippen molar-refractivity contribution in [1.82, 2.24) is 5.43 Å². The Balaban J connectivity index is 0.00000147. The summed E-state index contributed by atoms with van der Waals surface area (Å²) in [6.45, 7) is 0. The number of phenols is 1. The molecule has 0 unspecified atom stereocenters. The van der Waals surface area contributed by atoms with Crippen molar-refractivity contribution in [2.45, 2.75) is 31.7 Å². The highest BCUT2D eigenvalue weighted by molar-refractivity contribution is 8.93. The number of amidine groups is 1. The number of rotatable bonds is 2. The van der Waals surface area contributed by atoms with Crippen molar-refractivity contribution >= 4 is 39.6 Å². The molecular weight excluding hydrogens is 338 g/mol. The Bertz CT molecular complexity index is 510. The zero-order valence-corrected chi connectivity index (χ0v) is 13.6. The molecule has 2 aliphatic rings. The number of hydrogen-bond donors (Lipinski definition) is 2. The number of nitrogens with one attached hydrogen (secondary N) is 1. The molecule has 4 nitrogen and oxygen atoms in total. The number of thioether (sulfide) groups is 1. The summed E-state index contributed by atoms with van der Waals surface area (Å²) in [5, 5.41) is 14.6. The fraction of sp³-hybridized carbons (Fsp3) is 0.429. The van der Waals surface area contributed by atoms with Gasteiger partial charge in [0.1, 0.15) is 5.75 Å². The van der Waals surface area contributed by atoms with E-state index >= 15 is 0 Å². The largest absolute Gasteiger partial charge is 0.508 e. The van der Waals surface area contributed by atoms with Crippen LogP contribution in [0, 0.1) is 0 Å². The molecule has 0 atom stereocenters. The van der Waals surface area contributed by atoms with E-state index < -0.39 is 0 Å². The number of halogens is 1. The van der Waals surface area contributed by atoms with Crippen LogP contribution in [0.15, 0.2) is 34.4 Å². The van der Waals surface area contributed by atoms with Crippen LogP contribution in [0.5, 0.6) is 5.75 Å². The minimum absolute atomic E-state index is 0. The number of phenolic OH excluding ortho intramolecular Hbond substituents is 1. The molecule has 6 heteroatoms. The Labute approximate surface area is 133 Å². The van der Waals surface area contributed by atoms with Crippen LogP contribution in [0.3, 0.4) is 0 Å². The lowest BCUT2D eigenvalue weighted by molar-refractivity contribution is 0.475. The molecule has 0 amide bonds. The van der Waals surface area contributed by atoms with Gasteiger partial charge in [0.15, 0.2) is 5.17 Å². The van der Waals surface area contributed by atoms with E-state index in [0.717, 1.165) is 22.2 Å². The average Bonchev–Trinajstić information content (AvgIpc) is 2.94. The molecule has 1 aromatic rings. The van der Waals surface area contributed by atoms with Crippen molar-refractivity contribution in [2.24, 2.45) is 10.1 Å². The van der Waals surface area contributed by atoms with Crippen LogP contribution in [0.2, 0.25) is 0 Å². The highest BCUT2D eigenvalue weighted by Gasteiger charge is 2.17. The normalized spacial score (nSPS) is 21.2. The van der Waals surface area contributed by atoms with Gasteiger partial charge in [0.05, 0.1) is 11.8 Å². The molecule has 0 bridgehead atoms. The summed E-state index contributed by atoms with van der Waals surface area (Å²) in [7, 11) is 0. The first kappa shape index (κ1) is 15.4. The third-order valence-electron chi connectivity index (χ3n) is 3.46. The summed E-state index contributed by atoms with van der Waals surface area (Å²) in [4.78, 5) is 4.70. The molecule has 1 heterocycles. The number of aromatic hydroxyl groups is 1. The van der Waals surface area contributed by atoms with Crippen molar-refractivity contribution in [3.8, 4) is 5.75 Å². The molecular formula is C14H18BrN3OS. The van der Waals surface area contributed by atoms with Crippen LogP contribution in [0.1, 0.15) is 31.2 Å². The van der Waals surface area contributed by atoms with Gasteiger partial charge in [-0.3, -0.25) is 10.4 Å². The molecule has 1 aromatic carbocycles. The first-order chi connectivity index (χ1) is 9.31. The molecule has 1 aliphatic heterocycles. The second-order valence-corrected chi connectivity index (χ2v) is 5.84. The van der Waals surface area contributed by atoms with Gasteiger partial charge in [0.2, 0.25) is 0 Å². The number of nitrogens with zero attached hydrogens (tertiary/aromatic N) is 2. The van der Waals surface area contributed by atoms with Gasteiger partial charge < -0.3 is 5.11 Å². The van der Waals surface area contributed by atoms with E-state index in [1.54, 1.807) is 23.9 Å². The maximum Gasteiger partial charge on any atom is 0.177 e. The van der Waals surface area contributed by atoms with Crippen molar-refractivity contribution in [2.75, 3.05) is 5.75 Å². The topological polar surface area (TPSA) is 57.0 Å². The van der Waals surface area contributed by atoms with Crippen LogP contribution in [0.4, 0.5) is 0 Å². The Morgan fingerprint density at radius 1 is 1.20 bits per heavy atom. The van der Waals surface area contributed by atoms with Crippen LogP contribution >= 0.6 is 28.7 Å². The predicted octanol–water partition coefficient (Wildman–Crippen LogP) is 3.31. The molecule has 3 rings (SSSR count). The second kappa shape index (κ2) is 7.13. The lowest BCUT2D eigenvalue weighted by Gasteiger charge is -2.16. The van der Waals surface area contributed by atoms with E-state index in [9.17, 15) is 5.11 Å². The molecule has 2 N–H and O–H groups in total. The zero-order chi connectivity index (χ0) is 13.1. The molecule has 1 saturated carbocycles. The Morgan fingerprint density at radius 3 is 2.50 bits per heavy atom. The SMILES string of the molecule is Br.Oc1ccc(C2=NNC(=NC3CCCC3)SC2)cc1. The van der Waals surface area contributed by atoms with Gasteiger partial charge in [0, 0.05) is 5.75 Å². The highest BCUT2D eigenvalue weighted by Crippen LogP contribution is 2.23. The van der Waals surface area contributed by atoms with Gasteiger partial charge in [-0.1, -0.05) is 24.6 Å². The average molecular weight is 356 g/mol. The fourth-order valence-electron chi connectivity index (χ4n) is 2.38. The van der Waals surface area contributed by atoms with Gasteiger partial charge in [0.25, 0.3) is 0 Å². The molecule has 0 radical (unpaired) electrons. The number of hydrazone groups is 1. The summed E-state index contributed by atoms with van der Waals surface area (Å²) in [6, 6.07) is 7.63. The molecule has 1 fully saturated rings. The van der Waals surface area contributed by atoms with Gasteiger partial charge in [-0.2, -0.15) is 5.10 Å². The Hall–Kier alpha value is -1.01. The molecule has 1 aliphatic carbocycles. The van der Waals surface area contributed by atoms with E-state index in [1.807, 2.05) is 12.1 Å². The maximum atomic E-state index is 9.28. The summed E-state index contributed by atoms with van der Waals surface area (Å²) < 4.78 is 0. The van der Waals surface area contributed by atoms with Crippen molar-refractivity contribution in [3.63, 3.8) is 0 Å². The minimum Gasteiger partial charge on any atom is -0.508 e. The van der Waals surface area contributed by atoms with E-state index in [2.05, 4.69) is 10.5 Å². The van der Waals surface area contributed by atoms with E-state index in [0.29, 0.717) is 6.04 Å². The molecule has 108 valence electrons. The molecule has 20 heavy (non-hydrogen) atoms. The highest BCUT2D eigenvalue weighted by atomic mass is 79.9. The summed E-state index contributed by atoms with van der Waals surface area (Å²) in [6.07, 6.45) is 5.02. The summed E-state index contributed by atoms with van der Waals surface area (Å²) >= 11 is 1.70. The summed E-state index contributed by atoms with van der Waals surface area (Å²) in [5.41, 5.74) is 5.08. The smallest absolute Gasteiger partial charge is 0.177 e. The van der Waals surface area contributed by atoms with E-state index in [-0.39, 0.29) is 22.7 Å². The number of aliphatic imine (C=N–C) groups is 1. The number of benzene rings is 1. The van der Waals surface area contributed by atoms with Crippen LogP contribution in [-0.2, 0) is 0 Å². The summed E-state index contributed by atoms with van der Waals surface area (Å²) in [5.74, 6) is 1.10. The van der Waals surface area contributed by atoms with Crippen molar-refractivity contribution in [3.05, 3.63) is 29.8 Å². The van der Waals surface area contributed by atoms with Crippen molar-refractivity contribution in [1.29, 1.82) is 0 Å². The van der Waals surface area contributed by atoms with Gasteiger partial charge in [-0.15, -0.1) is 17.0 Å². The van der Waals surface area contributed by atoms with Crippen LogP contribution in [-0.4, -0.2) is 27.8 Å².